The van der Waals surface area contributed by atoms with Crippen LogP contribution < -0.4 is 27.5 Å². The molecule has 28 heavy (non-hydrogen) atoms. The van der Waals surface area contributed by atoms with Crippen LogP contribution in [0.25, 0.3) is 0 Å². The van der Waals surface area contributed by atoms with Crippen molar-refractivity contribution in [3.63, 3.8) is 0 Å². The van der Waals surface area contributed by atoms with Crippen LogP contribution in [-0.4, -0.2) is 67.6 Å². The zero-order valence-corrected chi connectivity index (χ0v) is 16.9. The van der Waals surface area contributed by atoms with Crippen molar-refractivity contribution in [2.45, 2.75) is 13.3 Å². The number of hydrogen-bond donors (Lipinski definition) is 1. The van der Waals surface area contributed by atoms with Gasteiger partial charge < -0.3 is 37.0 Å². The van der Waals surface area contributed by atoms with Gasteiger partial charge in [0.2, 0.25) is 17.8 Å². The Morgan fingerprint density at radius 2 is 1.32 bits per heavy atom. The summed E-state index contributed by atoms with van der Waals surface area (Å²) in [6.07, 6.45) is 1.02. The summed E-state index contributed by atoms with van der Waals surface area (Å²) in [6, 6.07) is 8.36. The molecule has 2 saturated heterocycles. The highest BCUT2D eigenvalue weighted by molar-refractivity contribution is 5.56. The average molecular weight is 406 g/mol. The quantitative estimate of drug-likeness (QED) is 0.668. The van der Waals surface area contributed by atoms with Crippen molar-refractivity contribution in [1.82, 2.24) is 15.0 Å². The van der Waals surface area contributed by atoms with Crippen molar-refractivity contribution in [2.75, 3.05) is 67.7 Å². The van der Waals surface area contributed by atoms with E-state index in [0.29, 0.717) is 44.3 Å². The average Bonchev–Trinajstić information content (AvgIpc) is 2.75. The number of halogens is 1. The molecule has 0 saturated carbocycles. The van der Waals surface area contributed by atoms with Crippen LogP contribution in [0.1, 0.15) is 12.5 Å². The Morgan fingerprint density at radius 3 is 1.79 bits per heavy atom. The van der Waals surface area contributed by atoms with E-state index in [0.717, 1.165) is 38.3 Å². The smallest absolute Gasteiger partial charge is 0.233 e. The standard InChI is InChI=1S/C19H26N6O2.ClH/c1-2-15-3-5-16(6-4-15)20-17-21-18(24-7-11-26-12-8-24)23-19(22-17)25-9-13-27-14-10-25;/h3-6H,2,7-14H2,1H3,(H,20,21,22,23);1H/p-1. The number of nitrogens with one attached hydrogen (secondary N) is 1. The Labute approximate surface area is 171 Å². The minimum Gasteiger partial charge on any atom is -1.00 e. The fourth-order valence-corrected chi connectivity index (χ4v) is 3.17. The molecule has 2 aliphatic heterocycles. The first-order chi connectivity index (χ1) is 13.3. The van der Waals surface area contributed by atoms with E-state index in [9.17, 15) is 0 Å². The predicted octanol–water partition coefficient (Wildman–Crippen LogP) is -1.15. The van der Waals surface area contributed by atoms with Crippen molar-refractivity contribution < 1.29 is 21.9 Å². The molecule has 0 bridgehead atoms. The minimum absolute atomic E-state index is 0. The Hall–Kier alpha value is -2.16. The first-order valence-electron chi connectivity index (χ1n) is 9.59. The first-order valence-corrected chi connectivity index (χ1v) is 9.59. The third kappa shape index (κ3) is 5.01. The third-order valence-electron chi connectivity index (χ3n) is 4.82. The van der Waals surface area contributed by atoms with Gasteiger partial charge in [0.05, 0.1) is 26.4 Å². The number of rotatable bonds is 5. The molecule has 2 aliphatic rings. The van der Waals surface area contributed by atoms with Gasteiger partial charge in [0.1, 0.15) is 0 Å². The predicted molar refractivity (Wildman–Crippen MR) is 105 cm³/mol. The fourth-order valence-electron chi connectivity index (χ4n) is 3.17. The second kappa shape index (κ2) is 9.86. The van der Waals surface area contributed by atoms with Crippen molar-refractivity contribution in [3.8, 4) is 0 Å². The van der Waals surface area contributed by atoms with Crippen LogP contribution in [0.5, 0.6) is 0 Å². The Kier molecular flexibility index (Phi) is 7.24. The summed E-state index contributed by atoms with van der Waals surface area (Å²) < 4.78 is 10.9. The van der Waals surface area contributed by atoms with Gasteiger partial charge in [-0.15, -0.1) is 0 Å². The second-order valence-corrected chi connectivity index (χ2v) is 6.63. The number of nitrogens with zero attached hydrogens (tertiary/aromatic N) is 5. The molecule has 1 aromatic heterocycles. The van der Waals surface area contributed by atoms with Crippen LogP contribution in [0.15, 0.2) is 24.3 Å². The van der Waals surface area contributed by atoms with E-state index in [2.05, 4.69) is 56.3 Å². The Balaban J connectivity index is 0.00000225. The van der Waals surface area contributed by atoms with E-state index in [1.165, 1.54) is 5.56 Å². The molecule has 8 nitrogen and oxygen atoms in total. The number of morpholine rings is 2. The van der Waals surface area contributed by atoms with E-state index >= 15 is 0 Å². The molecule has 1 N–H and O–H groups in total. The van der Waals surface area contributed by atoms with Crippen LogP contribution in [0, 0.1) is 0 Å². The van der Waals surface area contributed by atoms with Gasteiger partial charge in [0.25, 0.3) is 0 Å². The monoisotopic (exact) mass is 405 g/mol. The molecule has 1 aromatic carbocycles. The molecule has 0 aliphatic carbocycles. The molecule has 0 radical (unpaired) electrons. The summed E-state index contributed by atoms with van der Waals surface area (Å²) in [5.41, 5.74) is 2.28. The van der Waals surface area contributed by atoms with Crippen molar-refractivity contribution in [2.24, 2.45) is 0 Å². The number of benzene rings is 1. The van der Waals surface area contributed by atoms with Crippen LogP contribution in [0.3, 0.4) is 0 Å². The zero-order chi connectivity index (χ0) is 18.5. The van der Waals surface area contributed by atoms with E-state index in [1.54, 1.807) is 0 Å². The van der Waals surface area contributed by atoms with Gasteiger partial charge in [0.15, 0.2) is 0 Å². The fraction of sp³-hybridized carbons (Fsp3) is 0.526. The molecule has 0 atom stereocenters. The normalized spacial score (nSPS) is 17.2. The zero-order valence-electron chi connectivity index (χ0n) is 16.1. The summed E-state index contributed by atoms with van der Waals surface area (Å²) in [5, 5.41) is 3.34. The summed E-state index contributed by atoms with van der Waals surface area (Å²) in [5.74, 6) is 1.96. The van der Waals surface area contributed by atoms with Crippen LogP contribution in [0.2, 0.25) is 0 Å². The molecule has 0 amide bonds. The van der Waals surface area contributed by atoms with Gasteiger partial charge in [-0.1, -0.05) is 19.1 Å². The number of anilines is 4. The van der Waals surface area contributed by atoms with Crippen molar-refractivity contribution in [3.05, 3.63) is 29.8 Å². The van der Waals surface area contributed by atoms with E-state index in [4.69, 9.17) is 14.5 Å². The van der Waals surface area contributed by atoms with E-state index < -0.39 is 0 Å². The van der Waals surface area contributed by atoms with E-state index in [1.807, 2.05) is 0 Å². The summed E-state index contributed by atoms with van der Waals surface area (Å²) >= 11 is 0. The van der Waals surface area contributed by atoms with Crippen molar-refractivity contribution >= 4 is 23.5 Å². The number of aromatic nitrogens is 3. The molecule has 2 fully saturated rings. The lowest BCUT2D eigenvalue weighted by molar-refractivity contribution is -0.00000722. The molecule has 0 spiro atoms. The van der Waals surface area contributed by atoms with Gasteiger partial charge >= 0.3 is 0 Å². The summed E-state index contributed by atoms with van der Waals surface area (Å²) in [4.78, 5) is 18.4. The highest BCUT2D eigenvalue weighted by Crippen LogP contribution is 2.21. The maximum atomic E-state index is 5.46. The summed E-state index contributed by atoms with van der Waals surface area (Å²) in [7, 11) is 0. The molecule has 3 heterocycles. The Bertz CT molecular complexity index is 712. The largest absolute Gasteiger partial charge is 1.00 e. The first kappa shape index (κ1) is 20.6. The topological polar surface area (TPSA) is 75.6 Å². The van der Waals surface area contributed by atoms with Crippen LogP contribution in [0.4, 0.5) is 23.5 Å². The molecule has 9 heteroatoms. The van der Waals surface area contributed by atoms with Crippen LogP contribution in [-0.2, 0) is 15.9 Å². The van der Waals surface area contributed by atoms with Gasteiger partial charge in [-0.3, -0.25) is 0 Å². The molecular formula is C19H26ClN6O2-. The molecule has 0 unspecified atom stereocenters. The molecule has 2 aromatic rings. The number of aryl methyl sites for hydroxylation is 1. The maximum absolute atomic E-state index is 5.46. The lowest BCUT2D eigenvalue weighted by Gasteiger charge is -2.30. The lowest BCUT2D eigenvalue weighted by atomic mass is 10.1. The Morgan fingerprint density at radius 1 is 0.821 bits per heavy atom. The highest BCUT2D eigenvalue weighted by atomic mass is 35.5. The number of hydrogen-bond acceptors (Lipinski definition) is 8. The molecule has 152 valence electrons. The van der Waals surface area contributed by atoms with E-state index in [-0.39, 0.29) is 12.4 Å². The molecule has 4 rings (SSSR count). The third-order valence-corrected chi connectivity index (χ3v) is 4.82. The van der Waals surface area contributed by atoms with Gasteiger partial charge in [-0.25, -0.2) is 0 Å². The lowest BCUT2D eigenvalue weighted by Crippen LogP contribution is -3.00. The highest BCUT2D eigenvalue weighted by Gasteiger charge is 2.20. The minimum atomic E-state index is 0. The van der Waals surface area contributed by atoms with Gasteiger partial charge in [-0.2, -0.15) is 15.0 Å². The maximum Gasteiger partial charge on any atom is 0.233 e. The van der Waals surface area contributed by atoms with Gasteiger partial charge in [0, 0.05) is 31.9 Å². The van der Waals surface area contributed by atoms with Crippen LogP contribution >= 0.6 is 0 Å². The summed E-state index contributed by atoms with van der Waals surface area (Å²) in [6.45, 7) is 8.08. The second-order valence-electron chi connectivity index (χ2n) is 6.63. The van der Waals surface area contributed by atoms with Gasteiger partial charge in [-0.05, 0) is 24.1 Å². The molecular weight excluding hydrogens is 380 g/mol. The SMILES string of the molecule is CCc1ccc(Nc2nc(N3CCOCC3)nc(N3CCOCC3)n2)cc1.[Cl-]. The van der Waals surface area contributed by atoms with Crippen molar-refractivity contribution in [1.29, 1.82) is 0 Å². The number of ether oxygens (including phenoxy) is 2.